The highest BCUT2D eigenvalue weighted by molar-refractivity contribution is 9.10. The summed E-state index contributed by atoms with van der Waals surface area (Å²) in [7, 11) is 1.82. The highest BCUT2D eigenvalue weighted by Crippen LogP contribution is 2.16. The second-order valence-electron chi connectivity index (χ2n) is 4.40. The van der Waals surface area contributed by atoms with E-state index in [0.717, 1.165) is 37.2 Å². The number of piperazine rings is 1. The molecule has 1 fully saturated rings. The first-order valence-corrected chi connectivity index (χ1v) is 6.73. The van der Waals surface area contributed by atoms with Gasteiger partial charge in [0, 0.05) is 13.2 Å². The lowest BCUT2D eigenvalue weighted by molar-refractivity contribution is -0.902. The van der Waals surface area contributed by atoms with Crippen LogP contribution in [0.15, 0.2) is 10.7 Å². The zero-order valence-corrected chi connectivity index (χ0v) is 11.8. The Balaban J connectivity index is 2.04. The van der Waals surface area contributed by atoms with E-state index in [-0.39, 0.29) is 5.91 Å². The summed E-state index contributed by atoms with van der Waals surface area (Å²) in [5.74, 6) is 0.0348. The van der Waals surface area contributed by atoms with E-state index >= 15 is 0 Å². The second kappa shape index (κ2) is 5.18. The minimum absolute atomic E-state index is 0.0348. The van der Waals surface area contributed by atoms with Crippen LogP contribution in [-0.2, 0) is 7.05 Å². The average molecular weight is 302 g/mol. The van der Waals surface area contributed by atoms with Gasteiger partial charge in [0.05, 0.1) is 37.2 Å². The van der Waals surface area contributed by atoms with Crippen molar-refractivity contribution in [2.45, 2.75) is 6.92 Å². The molecule has 6 heteroatoms. The summed E-state index contributed by atoms with van der Waals surface area (Å²) in [4.78, 5) is 15.7. The van der Waals surface area contributed by atoms with Gasteiger partial charge in [0.25, 0.3) is 5.91 Å². The normalized spacial score (nSPS) is 17.5. The maximum Gasteiger partial charge on any atom is 0.275 e. The summed E-state index contributed by atoms with van der Waals surface area (Å²) in [5, 5.41) is 4.20. The van der Waals surface area contributed by atoms with Crippen LogP contribution in [0.2, 0.25) is 0 Å². The molecule has 1 amide bonds. The minimum atomic E-state index is 0.0348. The molecule has 2 heterocycles. The van der Waals surface area contributed by atoms with Gasteiger partial charge in [0.2, 0.25) is 0 Å². The lowest BCUT2D eigenvalue weighted by atomic mass is 10.3. The van der Waals surface area contributed by atoms with Crippen LogP contribution in [0, 0.1) is 0 Å². The second-order valence-corrected chi connectivity index (χ2v) is 5.25. The van der Waals surface area contributed by atoms with Crippen molar-refractivity contribution in [3.63, 3.8) is 0 Å². The van der Waals surface area contributed by atoms with E-state index in [1.54, 1.807) is 15.8 Å². The number of hydrogen-bond acceptors (Lipinski definition) is 2. The van der Waals surface area contributed by atoms with E-state index in [1.807, 2.05) is 11.9 Å². The number of halogens is 1. The minimum Gasteiger partial charge on any atom is -0.332 e. The van der Waals surface area contributed by atoms with E-state index in [0.29, 0.717) is 5.69 Å². The van der Waals surface area contributed by atoms with Crippen LogP contribution in [0.3, 0.4) is 0 Å². The molecule has 1 aliphatic rings. The molecule has 17 heavy (non-hydrogen) atoms. The van der Waals surface area contributed by atoms with Crippen LogP contribution >= 0.6 is 15.9 Å². The molecule has 5 nitrogen and oxygen atoms in total. The number of aromatic nitrogens is 2. The van der Waals surface area contributed by atoms with E-state index in [9.17, 15) is 4.79 Å². The van der Waals surface area contributed by atoms with Gasteiger partial charge in [-0.05, 0) is 22.9 Å². The molecule has 1 aromatic rings. The standard InChI is InChI=1S/C11H17BrN4O/c1-3-15-4-6-16(7-5-15)11(17)10-9(12)8-14(2)13-10/h8H,3-7H2,1-2H3/p+1. The lowest BCUT2D eigenvalue weighted by Gasteiger charge is -2.31. The molecular weight excluding hydrogens is 284 g/mol. The first-order valence-electron chi connectivity index (χ1n) is 5.93. The Morgan fingerprint density at radius 1 is 1.53 bits per heavy atom. The molecule has 0 saturated carbocycles. The lowest BCUT2D eigenvalue weighted by Crippen LogP contribution is -3.14. The predicted octanol–water partition coefficient (Wildman–Crippen LogP) is -0.457. The molecule has 94 valence electrons. The molecule has 0 spiro atoms. The van der Waals surface area contributed by atoms with Gasteiger partial charge in [-0.3, -0.25) is 9.48 Å². The Hall–Kier alpha value is -0.880. The fraction of sp³-hybridized carbons (Fsp3) is 0.636. The molecule has 0 radical (unpaired) electrons. The first kappa shape index (κ1) is 12.6. The maximum atomic E-state index is 12.2. The number of nitrogens with zero attached hydrogens (tertiary/aromatic N) is 3. The van der Waals surface area contributed by atoms with Gasteiger partial charge < -0.3 is 9.80 Å². The number of rotatable bonds is 2. The quantitative estimate of drug-likeness (QED) is 0.804. The Morgan fingerprint density at radius 2 is 2.18 bits per heavy atom. The van der Waals surface area contributed by atoms with Crippen molar-refractivity contribution in [1.82, 2.24) is 14.7 Å². The van der Waals surface area contributed by atoms with Crippen molar-refractivity contribution >= 4 is 21.8 Å². The Bertz CT molecular complexity index is 410. The number of hydrogen-bond donors (Lipinski definition) is 1. The molecular formula is C11H18BrN4O+. The third kappa shape index (κ3) is 2.69. The number of carbonyl (C=O) groups excluding carboxylic acids is 1. The topological polar surface area (TPSA) is 42.6 Å². The van der Waals surface area contributed by atoms with Gasteiger partial charge in [0.1, 0.15) is 0 Å². The van der Waals surface area contributed by atoms with Gasteiger partial charge in [-0.25, -0.2) is 0 Å². The van der Waals surface area contributed by atoms with Gasteiger partial charge in [0.15, 0.2) is 5.69 Å². The number of quaternary nitrogens is 1. The SMILES string of the molecule is CC[NH+]1CCN(C(=O)c2nn(C)cc2Br)CC1. The van der Waals surface area contributed by atoms with Crippen molar-refractivity contribution in [2.75, 3.05) is 32.7 Å². The van der Waals surface area contributed by atoms with Crippen molar-refractivity contribution in [2.24, 2.45) is 7.05 Å². The number of nitrogens with one attached hydrogen (secondary N) is 1. The zero-order chi connectivity index (χ0) is 12.4. The molecule has 0 aliphatic carbocycles. The molecule has 0 unspecified atom stereocenters. The van der Waals surface area contributed by atoms with E-state index in [2.05, 4.69) is 28.0 Å². The van der Waals surface area contributed by atoms with Crippen molar-refractivity contribution < 1.29 is 9.69 Å². The number of carbonyl (C=O) groups is 1. The van der Waals surface area contributed by atoms with Gasteiger partial charge in [-0.2, -0.15) is 5.10 Å². The van der Waals surface area contributed by atoms with Gasteiger partial charge >= 0.3 is 0 Å². The maximum absolute atomic E-state index is 12.2. The van der Waals surface area contributed by atoms with E-state index in [4.69, 9.17) is 0 Å². The first-order chi connectivity index (χ1) is 8.11. The van der Waals surface area contributed by atoms with Crippen LogP contribution < -0.4 is 4.90 Å². The molecule has 1 aromatic heterocycles. The summed E-state index contributed by atoms with van der Waals surface area (Å²) in [5.41, 5.74) is 0.521. The van der Waals surface area contributed by atoms with Crippen LogP contribution in [0.5, 0.6) is 0 Å². The smallest absolute Gasteiger partial charge is 0.275 e. The molecule has 2 rings (SSSR count). The molecule has 1 N–H and O–H groups in total. The van der Waals surface area contributed by atoms with Crippen LogP contribution in [0.4, 0.5) is 0 Å². The van der Waals surface area contributed by atoms with Crippen LogP contribution in [0.1, 0.15) is 17.4 Å². The number of likely N-dealkylation sites (N-methyl/N-ethyl adjacent to an activating group) is 1. The fourth-order valence-electron chi connectivity index (χ4n) is 2.13. The van der Waals surface area contributed by atoms with E-state index in [1.165, 1.54) is 0 Å². The van der Waals surface area contributed by atoms with Crippen molar-refractivity contribution in [1.29, 1.82) is 0 Å². The van der Waals surface area contributed by atoms with Crippen LogP contribution in [-0.4, -0.2) is 53.3 Å². The Morgan fingerprint density at radius 3 is 2.65 bits per heavy atom. The summed E-state index contributed by atoms with van der Waals surface area (Å²) >= 11 is 3.37. The summed E-state index contributed by atoms with van der Waals surface area (Å²) < 4.78 is 2.43. The average Bonchev–Trinajstić information content (AvgIpc) is 2.68. The molecule has 0 aromatic carbocycles. The third-order valence-electron chi connectivity index (χ3n) is 3.24. The molecule has 1 saturated heterocycles. The monoisotopic (exact) mass is 301 g/mol. The zero-order valence-electron chi connectivity index (χ0n) is 10.2. The van der Waals surface area contributed by atoms with Gasteiger partial charge in [-0.1, -0.05) is 0 Å². The molecule has 0 bridgehead atoms. The Kier molecular flexibility index (Phi) is 3.83. The van der Waals surface area contributed by atoms with Crippen LogP contribution in [0.25, 0.3) is 0 Å². The summed E-state index contributed by atoms with van der Waals surface area (Å²) in [6.45, 7) is 7.03. The number of aryl methyl sites for hydroxylation is 1. The summed E-state index contributed by atoms with van der Waals surface area (Å²) in [6, 6.07) is 0. The van der Waals surface area contributed by atoms with Gasteiger partial charge in [-0.15, -0.1) is 0 Å². The molecule has 1 aliphatic heterocycles. The molecule has 0 atom stereocenters. The van der Waals surface area contributed by atoms with Crippen molar-refractivity contribution in [3.8, 4) is 0 Å². The highest BCUT2D eigenvalue weighted by atomic mass is 79.9. The largest absolute Gasteiger partial charge is 0.332 e. The van der Waals surface area contributed by atoms with E-state index < -0.39 is 0 Å². The van der Waals surface area contributed by atoms with Crippen molar-refractivity contribution in [3.05, 3.63) is 16.4 Å². The third-order valence-corrected chi connectivity index (χ3v) is 3.82. The summed E-state index contributed by atoms with van der Waals surface area (Å²) in [6.07, 6.45) is 1.81. The number of amides is 1. The predicted molar refractivity (Wildman–Crippen MR) is 68.0 cm³/mol. The highest BCUT2D eigenvalue weighted by Gasteiger charge is 2.26. The Labute approximate surface area is 110 Å². The fourth-order valence-corrected chi connectivity index (χ4v) is 2.68.